The van der Waals surface area contributed by atoms with Gasteiger partial charge in [0.25, 0.3) is 0 Å². The van der Waals surface area contributed by atoms with Crippen molar-refractivity contribution in [2.24, 2.45) is 23.2 Å². The molecule has 42 heteroatoms. The Morgan fingerprint density at radius 2 is 0.731 bits per heavy atom. The summed E-state index contributed by atoms with van der Waals surface area (Å²) in [5.74, 6) is -1.24. The number of nitrogens with one attached hydrogen (secondary N) is 13. The second-order valence-corrected chi connectivity index (χ2v) is 37.5. The smallest absolute Gasteiger partial charge is 0.323 e. The molecule has 0 saturated heterocycles. The van der Waals surface area contributed by atoms with Crippen molar-refractivity contribution in [1.82, 2.24) is 74.0 Å². The second kappa shape index (κ2) is 91.1. The van der Waals surface area contributed by atoms with E-state index in [0.29, 0.717) is 108 Å². The first-order valence-corrected chi connectivity index (χ1v) is 53.0. The van der Waals surface area contributed by atoms with Crippen molar-refractivity contribution >= 4 is 77.2 Å². The van der Waals surface area contributed by atoms with Gasteiger partial charge in [-0.1, -0.05) is 80.7 Å². The normalized spacial score (nSPS) is 18.4. The maximum absolute atomic E-state index is 12.5. The molecule has 145 heavy (non-hydrogen) atoms. The van der Waals surface area contributed by atoms with E-state index in [-0.39, 0.29) is 198 Å². The van der Waals surface area contributed by atoms with Crippen LogP contribution in [0, 0.1) is 23.2 Å². The fraction of sp³-hybridized carbons (Fsp3) is 0.854. The van der Waals surface area contributed by atoms with Crippen molar-refractivity contribution in [3.05, 3.63) is 12.3 Å². The lowest BCUT2D eigenvalue weighted by Gasteiger charge is -2.38. The van der Waals surface area contributed by atoms with E-state index in [1.165, 1.54) is 42.0 Å². The van der Waals surface area contributed by atoms with Crippen LogP contribution in [0.15, 0.2) is 12.3 Å². The average Bonchev–Trinajstić information content (AvgIpc) is 1.61. The van der Waals surface area contributed by atoms with E-state index in [1.54, 1.807) is 18.9 Å². The van der Waals surface area contributed by atoms with Gasteiger partial charge in [0.2, 0.25) is 41.4 Å². The third kappa shape index (κ3) is 71.4. The Morgan fingerprint density at radius 1 is 0.379 bits per heavy atom. The van der Waals surface area contributed by atoms with Gasteiger partial charge in [-0.25, -0.2) is 0 Å². The number of fused-ring (bicyclic) bond motifs is 2. The van der Waals surface area contributed by atoms with Gasteiger partial charge in [-0.05, 0) is 234 Å². The molecule has 17 atom stereocenters. The lowest BCUT2D eigenvalue weighted by atomic mass is 9.71. The Hall–Kier alpha value is -7.95. The van der Waals surface area contributed by atoms with Crippen LogP contribution in [-0.4, -0.2) is 363 Å². The van der Waals surface area contributed by atoms with Crippen LogP contribution < -0.4 is 69.1 Å². The number of hydrogen-bond acceptors (Lipinski definition) is 35. The van der Waals surface area contributed by atoms with Crippen molar-refractivity contribution in [1.29, 1.82) is 0 Å². The molecule has 0 aromatic heterocycles. The molecule has 42 nitrogen and oxygen atoms in total. The van der Waals surface area contributed by atoms with Crippen molar-refractivity contribution < 1.29 is 136 Å². The highest BCUT2D eigenvalue weighted by atomic mass is 16.5. The first-order chi connectivity index (χ1) is 69.1. The van der Waals surface area contributed by atoms with Crippen LogP contribution in [0.25, 0.3) is 0 Å². The molecule has 0 spiro atoms. The number of likely N-dealkylation sites (N-methyl/N-ethyl adjacent to an activating group) is 1. The van der Waals surface area contributed by atoms with Gasteiger partial charge >= 0.3 is 35.8 Å². The number of esters is 6. The SMILES string of the molecule is C=C(OC)C(CC(=O)NC(C)CC)NC1CCC(O)CC1.CCC(C)NC(=O)C(CC(=O)OC)NCC1(C)CC2CC1CC2CO.CCC(C)NC(=O)CC(NCCCCCCO)C(=O)OC.CCC(C)NC(=O)CC(NCCCO)C(=O)OC.CCC(C)NC(=O)CC(NCCOCCO)C(=O)OC.CCN(CC)C(=O)C(CC(=O)OC)NCCCCCCO.CCOC(=O)C(CC(=O)NC(C)CC)NCCCO. The minimum Gasteiger partial charge on any atom is -0.500 e. The molecule has 0 heterocycles. The Bertz CT molecular complexity index is 3430. The first kappa shape index (κ1) is 143. The molecule has 850 valence electrons. The number of aliphatic hydroxyl groups excluding tert-OH is 7. The number of carbonyl (C=O) groups is 13. The Balaban J connectivity index is -0.000000802. The van der Waals surface area contributed by atoms with Crippen molar-refractivity contribution in [3.63, 3.8) is 0 Å². The van der Waals surface area contributed by atoms with Crippen LogP contribution >= 0.6 is 0 Å². The largest absolute Gasteiger partial charge is 0.500 e. The van der Waals surface area contributed by atoms with E-state index < -0.39 is 60.1 Å². The molecule has 3 aliphatic rings. The van der Waals surface area contributed by atoms with Gasteiger partial charge in [-0.15, -0.1) is 0 Å². The number of nitrogens with zero attached hydrogens (tertiary/aromatic N) is 1. The molecule has 2 bridgehead atoms. The molecule has 0 aromatic rings. The monoisotopic (exact) mass is 2080 g/mol. The number of carbonyl (C=O) groups excluding carboxylic acids is 13. The lowest BCUT2D eigenvalue weighted by molar-refractivity contribution is -0.147. The molecule has 3 saturated carbocycles. The first-order valence-electron chi connectivity index (χ1n) is 53.0. The van der Waals surface area contributed by atoms with Gasteiger partial charge in [0.1, 0.15) is 29.9 Å². The summed E-state index contributed by atoms with van der Waals surface area (Å²) in [6.07, 6.45) is 20.8. The van der Waals surface area contributed by atoms with E-state index in [2.05, 4.69) is 96.8 Å². The lowest BCUT2D eigenvalue weighted by Crippen LogP contribution is -2.51. The molecule has 0 aromatic carbocycles. The maximum Gasteiger partial charge on any atom is 0.323 e. The molecule has 20 N–H and O–H groups in total. The van der Waals surface area contributed by atoms with E-state index in [9.17, 15) is 72.5 Å². The number of aliphatic hydroxyl groups is 7. The zero-order chi connectivity index (χ0) is 111. The summed E-state index contributed by atoms with van der Waals surface area (Å²) in [6, 6.07) is -2.94. The van der Waals surface area contributed by atoms with Gasteiger partial charge < -0.3 is 148 Å². The van der Waals surface area contributed by atoms with Crippen molar-refractivity contribution in [2.45, 2.75) is 394 Å². The Morgan fingerprint density at radius 3 is 1.06 bits per heavy atom. The predicted molar refractivity (Wildman–Crippen MR) is 558 cm³/mol. The molecule has 17 unspecified atom stereocenters. The highest BCUT2D eigenvalue weighted by Crippen LogP contribution is 2.58. The average molecular weight is 2080 g/mol. The summed E-state index contributed by atoms with van der Waals surface area (Å²) in [5.41, 5.74) is 0.126. The predicted octanol–water partition coefficient (Wildman–Crippen LogP) is 4.52. The quantitative estimate of drug-likeness (QED) is 0.0172. The number of ether oxygens (including phenoxy) is 8. The van der Waals surface area contributed by atoms with Gasteiger partial charge in [0, 0.05) is 108 Å². The number of unbranched alkanes of at least 4 members (excludes halogenated alkanes) is 6. The van der Waals surface area contributed by atoms with Crippen molar-refractivity contribution in [2.75, 3.05) is 154 Å². The van der Waals surface area contributed by atoms with Gasteiger partial charge in [-0.3, -0.25) is 62.3 Å². The van der Waals surface area contributed by atoms with Crippen LogP contribution in [-0.2, 0) is 100 Å². The molecule has 3 rings (SSSR count). The molecule has 7 amide bonds. The standard InChI is InChI=1S/C19H34N2O4.C16H30N2O3.2C15H30N2O4.C13H26N2O5.C13H26N2O4.C12H24N2O4/c1-5-12(2)21-18(24)16(8-17(23)25-4)20-11-19(3)9-13-6-15(19)7-14(13)10-22;1-5-11(2)17-16(20)10-15(12(3)21-4)18-13-6-8-14(19)9-7-13;1-4-12(2)17-14(19)11-13(15(20)21-3)16-9-7-5-6-8-10-18;1-4-17(5-2)15(20)13(12-14(19)21-3)16-10-8-6-7-9-11-18;1-4-10(2)15-12(17)9-11(13(18)19-3)14-5-7-20-8-6-16;1-4-10(3)15-12(17)9-11(13(18)19-5-2)14-7-6-8-16;1-4-9(2)14-11(16)8-10(12(17)18-3)13-6-5-7-15/h12-16,20,22H,5-11H2,1-4H3,(H,21,24);11,13-15,18-19H,3,5-10H2,1-2,4H3,(H,17,20);12-13,16,18H,4-11H2,1-3H3,(H,17,19);13,16,18H,4-12H2,1-3H3;10-11,14,16H,4-9H2,1-3H3,(H,15,17);10-11,14,16H,4-9H2,1-3H3,(H,15,17);9-10,13,15H,4-8H2,1-3H3,(H,14,16). The van der Waals surface area contributed by atoms with Gasteiger partial charge in [-0.2, -0.15) is 0 Å². The summed E-state index contributed by atoms with van der Waals surface area (Å²) in [5, 5.41) is 101. The number of hydrogen-bond donors (Lipinski definition) is 20. The van der Waals surface area contributed by atoms with Crippen LogP contribution in [0.4, 0.5) is 0 Å². The second-order valence-electron chi connectivity index (χ2n) is 37.5. The van der Waals surface area contributed by atoms with Gasteiger partial charge in [0.05, 0.1) is 132 Å². The summed E-state index contributed by atoms with van der Waals surface area (Å²) >= 11 is 0. The van der Waals surface area contributed by atoms with E-state index in [4.69, 9.17) is 49.2 Å². The van der Waals surface area contributed by atoms with Crippen LogP contribution in [0.3, 0.4) is 0 Å². The highest BCUT2D eigenvalue weighted by molar-refractivity contribution is 5.89. The number of methoxy groups -OCH3 is 6. The summed E-state index contributed by atoms with van der Waals surface area (Å²) < 4.78 is 38.6. The fourth-order valence-corrected chi connectivity index (χ4v) is 15.4. The van der Waals surface area contributed by atoms with E-state index in [0.717, 1.165) is 128 Å². The molecule has 3 aliphatic carbocycles. The fourth-order valence-electron chi connectivity index (χ4n) is 15.4. The minimum absolute atomic E-state index is 0.0101. The Kier molecular flexibility index (Phi) is 90.0. The summed E-state index contributed by atoms with van der Waals surface area (Å²) in [4.78, 5) is 155. The summed E-state index contributed by atoms with van der Waals surface area (Å²) in [6.45, 7) is 41.6. The minimum atomic E-state index is -0.693. The molecule has 3 fully saturated rings. The maximum atomic E-state index is 12.5. The highest BCUT2D eigenvalue weighted by Gasteiger charge is 2.52. The van der Waals surface area contributed by atoms with Crippen LogP contribution in [0.1, 0.15) is 303 Å². The Labute approximate surface area is 867 Å². The van der Waals surface area contributed by atoms with E-state index in [1.807, 2.05) is 96.9 Å². The molecule has 0 radical (unpaired) electrons. The molecule has 0 aliphatic heterocycles. The third-order valence-electron chi connectivity index (χ3n) is 25.6. The third-order valence-corrected chi connectivity index (χ3v) is 25.6. The van der Waals surface area contributed by atoms with E-state index >= 15 is 0 Å². The van der Waals surface area contributed by atoms with Crippen LogP contribution in [0.5, 0.6) is 0 Å². The summed E-state index contributed by atoms with van der Waals surface area (Å²) in [7, 11) is 8.15. The topological polar surface area (TPSA) is 597 Å². The van der Waals surface area contributed by atoms with Crippen molar-refractivity contribution in [3.8, 4) is 0 Å². The number of amides is 7. The zero-order valence-corrected chi connectivity index (χ0v) is 92.5. The van der Waals surface area contributed by atoms with Gasteiger partial charge in [0.15, 0.2) is 0 Å². The molecular formula is C103H200N14O28. The van der Waals surface area contributed by atoms with Crippen LogP contribution in [0.2, 0.25) is 0 Å². The molecular weight excluding hydrogens is 1880 g/mol. The number of rotatable bonds is 71. The zero-order valence-electron chi connectivity index (χ0n) is 92.5.